The third kappa shape index (κ3) is 4.65. The molecule has 0 saturated heterocycles. The van der Waals surface area contributed by atoms with E-state index in [9.17, 15) is 0 Å². The average molecular weight is 598 g/mol. The molecule has 0 aliphatic heterocycles. The lowest BCUT2D eigenvalue weighted by Crippen LogP contribution is -3.00. The molecule has 28 heavy (non-hydrogen) atoms. The van der Waals surface area contributed by atoms with Crippen LogP contribution in [0.15, 0.2) is 73.1 Å². The number of hydrogen-bond donors (Lipinski definition) is 2. The van der Waals surface area contributed by atoms with Crippen LogP contribution >= 0.6 is 0 Å². The standard InChI is InChI=1S/C22H22N4.2HI/c23-19-11-15-25(21-9-3-1-7-17(19)21)13-5-6-14-26-16-12-20(24)18-8-2-4-10-22(18)26;;/h1-4,7-12,15-16,23-24H,5-6,13-14H2;2*1H. The summed E-state index contributed by atoms with van der Waals surface area (Å²) >= 11 is 0. The molecule has 0 amide bonds. The van der Waals surface area contributed by atoms with Crippen molar-refractivity contribution in [1.29, 1.82) is 0 Å². The van der Waals surface area contributed by atoms with Crippen LogP contribution in [0, 0.1) is 0 Å². The Morgan fingerprint density at radius 3 is 1.39 bits per heavy atom. The second-order valence-corrected chi connectivity index (χ2v) is 6.67. The molecule has 2 aromatic carbocycles. The minimum absolute atomic E-state index is 0. The van der Waals surface area contributed by atoms with Gasteiger partial charge in [-0.25, -0.2) is 0 Å². The van der Waals surface area contributed by atoms with Gasteiger partial charge in [-0.1, -0.05) is 24.3 Å². The van der Waals surface area contributed by atoms with Crippen LogP contribution < -0.4 is 68.6 Å². The number of nitrogens with two attached hydrogens (primary N) is 2. The lowest BCUT2D eigenvalue weighted by Gasteiger charge is -2.05. The van der Waals surface area contributed by atoms with Crippen LogP contribution in [-0.4, -0.2) is 0 Å². The monoisotopic (exact) mass is 598 g/mol. The van der Waals surface area contributed by atoms with Crippen LogP contribution in [0.5, 0.6) is 0 Å². The minimum Gasteiger partial charge on any atom is -1.00 e. The van der Waals surface area contributed by atoms with E-state index in [2.05, 4.69) is 57.9 Å². The number of nitrogen functional groups attached to an aromatic ring is 2. The molecule has 0 radical (unpaired) electrons. The molecule has 4 nitrogen and oxygen atoms in total. The fourth-order valence-corrected chi connectivity index (χ4v) is 3.57. The lowest BCUT2D eigenvalue weighted by atomic mass is 10.1. The Morgan fingerprint density at radius 1 is 0.571 bits per heavy atom. The highest BCUT2D eigenvalue weighted by molar-refractivity contribution is 5.88. The molecule has 2 heterocycles. The Bertz CT molecular complexity index is 995. The van der Waals surface area contributed by atoms with Gasteiger partial charge >= 0.3 is 0 Å². The summed E-state index contributed by atoms with van der Waals surface area (Å²) in [5, 5.41) is 2.24. The second kappa shape index (κ2) is 10.2. The highest BCUT2D eigenvalue weighted by atomic mass is 127. The van der Waals surface area contributed by atoms with E-state index in [0.29, 0.717) is 0 Å². The summed E-state index contributed by atoms with van der Waals surface area (Å²) in [5.74, 6) is 0. The van der Waals surface area contributed by atoms with E-state index in [1.165, 1.54) is 11.0 Å². The minimum atomic E-state index is 0. The van der Waals surface area contributed by atoms with Gasteiger partial charge in [-0.2, -0.15) is 9.13 Å². The Balaban J connectivity index is 0.00000140. The Hall–Kier alpha value is -1.68. The van der Waals surface area contributed by atoms with Crippen molar-refractivity contribution in [3.8, 4) is 0 Å². The first-order valence-corrected chi connectivity index (χ1v) is 9.07. The third-order valence-electron chi connectivity index (χ3n) is 4.97. The Kier molecular flexibility index (Phi) is 8.23. The molecule has 4 rings (SSSR count). The van der Waals surface area contributed by atoms with Crippen LogP contribution in [0.4, 0.5) is 11.4 Å². The molecule has 0 fully saturated rings. The van der Waals surface area contributed by atoms with Gasteiger partial charge in [0.15, 0.2) is 12.4 Å². The number of rotatable bonds is 5. The van der Waals surface area contributed by atoms with Gasteiger partial charge in [-0.15, -0.1) is 0 Å². The van der Waals surface area contributed by atoms with E-state index in [0.717, 1.165) is 48.1 Å². The molecule has 0 aliphatic rings. The normalized spacial score (nSPS) is 10.4. The molecule has 4 N–H and O–H groups in total. The SMILES string of the molecule is Nc1cc[n+](CCCC[n+]2ccc(N)c3ccccc32)c2ccccc12.[I-].[I-]. The maximum absolute atomic E-state index is 6.09. The summed E-state index contributed by atoms with van der Waals surface area (Å²) in [6.45, 7) is 1.96. The van der Waals surface area contributed by atoms with E-state index in [4.69, 9.17) is 11.5 Å². The van der Waals surface area contributed by atoms with Gasteiger partial charge in [0.1, 0.15) is 13.1 Å². The van der Waals surface area contributed by atoms with Crippen LogP contribution in [0.1, 0.15) is 12.8 Å². The van der Waals surface area contributed by atoms with Gasteiger partial charge in [0.05, 0.1) is 22.1 Å². The van der Waals surface area contributed by atoms with Gasteiger partial charge in [0, 0.05) is 37.1 Å². The number of fused-ring (bicyclic) bond motifs is 2. The van der Waals surface area contributed by atoms with Crippen molar-refractivity contribution in [3.05, 3.63) is 73.1 Å². The molecule has 6 heteroatoms. The van der Waals surface area contributed by atoms with Gasteiger partial charge < -0.3 is 59.4 Å². The number of anilines is 2. The van der Waals surface area contributed by atoms with Crippen molar-refractivity contribution in [2.75, 3.05) is 11.5 Å². The number of nitrogens with zero attached hydrogens (tertiary/aromatic N) is 2. The van der Waals surface area contributed by atoms with Gasteiger partial charge in [0.25, 0.3) is 0 Å². The molecule has 0 unspecified atom stereocenters. The van der Waals surface area contributed by atoms with Gasteiger partial charge in [-0.05, 0) is 12.1 Å². The zero-order valence-electron chi connectivity index (χ0n) is 15.6. The molecule has 0 atom stereocenters. The second-order valence-electron chi connectivity index (χ2n) is 6.67. The van der Waals surface area contributed by atoms with E-state index >= 15 is 0 Å². The zero-order chi connectivity index (χ0) is 17.9. The van der Waals surface area contributed by atoms with Crippen molar-refractivity contribution in [2.24, 2.45) is 0 Å². The first kappa shape index (κ1) is 22.6. The van der Waals surface area contributed by atoms with Crippen LogP contribution in [0.2, 0.25) is 0 Å². The van der Waals surface area contributed by atoms with Crippen molar-refractivity contribution >= 4 is 33.2 Å². The van der Waals surface area contributed by atoms with Crippen molar-refractivity contribution in [3.63, 3.8) is 0 Å². The number of pyridine rings is 2. The highest BCUT2D eigenvalue weighted by Crippen LogP contribution is 2.18. The van der Waals surface area contributed by atoms with Gasteiger partial charge in [-0.3, -0.25) is 0 Å². The number of hydrogen-bond acceptors (Lipinski definition) is 2. The average Bonchev–Trinajstić information content (AvgIpc) is 2.69. The molecular weight excluding hydrogens is 574 g/mol. The largest absolute Gasteiger partial charge is 1.00 e. The fraction of sp³-hybridized carbons (Fsp3) is 0.182. The molecule has 2 aromatic heterocycles. The third-order valence-corrected chi connectivity index (χ3v) is 4.97. The predicted octanol–water partition coefficient (Wildman–Crippen LogP) is -2.78. The summed E-state index contributed by atoms with van der Waals surface area (Å²) in [7, 11) is 0. The summed E-state index contributed by atoms with van der Waals surface area (Å²) in [6, 6.07) is 20.6. The first-order valence-electron chi connectivity index (χ1n) is 9.07. The summed E-state index contributed by atoms with van der Waals surface area (Å²) in [5.41, 5.74) is 16.2. The predicted molar refractivity (Wildman–Crippen MR) is 106 cm³/mol. The fourth-order valence-electron chi connectivity index (χ4n) is 3.57. The lowest BCUT2D eigenvalue weighted by molar-refractivity contribution is -0.683. The van der Waals surface area contributed by atoms with E-state index < -0.39 is 0 Å². The molecule has 0 spiro atoms. The van der Waals surface area contributed by atoms with Crippen LogP contribution in [0.3, 0.4) is 0 Å². The molecule has 146 valence electrons. The Morgan fingerprint density at radius 2 is 0.964 bits per heavy atom. The summed E-state index contributed by atoms with van der Waals surface area (Å²) < 4.78 is 4.58. The number of unbranched alkanes of at least 4 members (excludes halogenated alkanes) is 1. The summed E-state index contributed by atoms with van der Waals surface area (Å²) in [6.07, 6.45) is 6.38. The van der Waals surface area contributed by atoms with Crippen LogP contribution in [0.25, 0.3) is 21.8 Å². The summed E-state index contributed by atoms with van der Waals surface area (Å²) in [4.78, 5) is 0. The topological polar surface area (TPSA) is 59.8 Å². The van der Waals surface area contributed by atoms with Crippen molar-refractivity contribution in [1.82, 2.24) is 0 Å². The number of aryl methyl sites for hydroxylation is 2. The van der Waals surface area contributed by atoms with Crippen molar-refractivity contribution in [2.45, 2.75) is 25.9 Å². The molecular formula is C22H24I2N4. The van der Waals surface area contributed by atoms with Gasteiger partial charge in [0.2, 0.25) is 11.0 Å². The first-order chi connectivity index (χ1) is 12.7. The number of benzene rings is 2. The van der Waals surface area contributed by atoms with E-state index in [-0.39, 0.29) is 48.0 Å². The zero-order valence-corrected chi connectivity index (χ0v) is 19.9. The quantitative estimate of drug-likeness (QED) is 0.149. The molecule has 0 bridgehead atoms. The molecule has 0 aliphatic carbocycles. The number of para-hydroxylation sites is 2. The van der Waals surface area contributed by atoms with E-state index in [1.54, 1.807) is 0 Å². The van der Waals surface area contributed by atoms with Crippen molar-refractivity contribution < 1.29 is 57.1 Å². The number of halogens is 2. The highest BCUT2D eigenvalue weighted by Gasteiger charge is 2.13. The molecule has 4 aromatic rings. The Labute approximate surface area is 199 Å². The maximum Gasteiger partial charge on any atom is 0.214 e. The smallest absolute Gasteiger partial charge is 0.214 e. The van der Waals surface area contributed by atoms with E-state index in [1.807, 2.05) is 24.3 Å². The van der Waals surface area contributed by atoms with Crippen LogP contribution in [-0.2, 0) is 13.1 Å². The number of aromatic nitrogens is 2. The molecule has 0 saturated carbocycles. The maximum atomic E-state index is 6.09.